The first-order chi connectivity index (χ1) is 12.3. The molecular weight excluding hydrogens is 335 g/mol. The number of hydrogen-bond acceptors (Lipinski definition) is 4. The van der Waals surface area contributed by atoms with E-state index in [1.165, 1.54) is 13.2 Å². The quantitative estimate of drug-likeness (QED) is 0.880. The minimum atomic E-state index is -0.993. The predicted octanol–water partition coefficient (Wildman–Crippen LogP) is 3.83. The molecule has 2 heterocycles. The molecular formula is C20H23FN2O3. The lowest BCUT2D eigenvalue weighted by molar-refractivity contribution is 0.0696. The van der Waals surface area contributed by atoms with Crippen molar-refractivity contribution < 1.29 is 19.0 Å². The second-order valence-corrected chi connectivity index (χ2v) is 7.51. The van der Waals surface area contributed by atoms with Crippen molar-refractivity contribution in [2.45, 2.75) is 26.8 Å². The van der Waals surface area contributed by atoms with Crippen LogP contribution < -0.4 is 4.74 Å². The van der Waals surface area contributed by atoms with Crippen LogP contribution in [-0.2, 0) is 6.54 Å². The van der Waals surface area contributed by atoms with E-state index in [9.17, 15) is 14.3 Å². The summed E-state index contributed by atoms with van der Waals surface area (Å²) in [6.45, 7) is 6.87. The Hall–Kier alpha value is -2.47. The van der Waals surface area contributed by atoms with Crippen LogP contribution in [-0.4, -0.2) is 41.2 Å². The number of methoxy groups -OCH3 is 1. The molecule has 1 aliphatic rings. The number of benzene rings is 1. The molecule has 1 N–H and O–H groups in total. The first kappa shape index (κ1) is 18.3. The highest BCUT2D eigenvalue weighted by Crippen LogP contribution is 2.34. The average Bonchev–Trinajstić information content (AvgIpc) is 2.94. The third-order valence-electron chi connectivity index (χ3n) is 4.83. The molecule has 1 aliphatic heterocycles. The van der Waals surface area contributed by atoms with E-state index >= 15 is 0 Å². The zero-order valence-corrected chi connectivity index (χ0v) is 15.3. The van der Waals surface area contributed by atoms with Crippen LogP contribution in [0.2, 0.25) is 0 Å². The monoisotopic (exact) mass is 358 g/mol. The summed E-state index contributed by atoms with van der Waals surface area (Å²) in [6, 6.07) is 6.34. The van der Waals surface area contributed by atoms with Crippen molar-refractivity contribution in [3.63, 3.8) is 0 Å². The van der Waals surface area contributed by atoms with Crippen molar-refractivity contribution in [2.75, 3.05) is 20.2 Å². The van der Waals surface area contributed by atoms with Gasteiger partial charge >= 0.3 is 5.97 Å². The van der Waals surface area contributed by atoms with E-state index in [-0.39, 0.29) is 11.0 Å². The number of rotatable bonds is 5. The van der Waals surface area contributed by atoms with Gasteiger partial charge in [-0.1, -0.05) is 19.9 Å². The van der Waals surface area contributed by atoms with Crippen LogP contribution in [0.25, 0.3) is 11.1 Å². The predicted molar refractivity (Wildman–Crippen MR) is 96.8 cm³/mol. The van der Waals surface area contributed by atoms with Crippen LogP contribution in [0.15, 0.2) is 30.5 Å². The summed E-state index contributed by atoms with van der Waals surface area (Å²) in [7, 11) is 1.48. The third-order valence-corrected chi connectivity index (χ3v) is 4.83. The van der Waals surface area contributed by atoms with Crippen LogP contribution in [0.3, 0.4) is 0 Å². The number of carbonyl (C=O) groups is 1. The lowest BCUT2D eigenvalue weighted by Gasteiger charge is -2.21. The number of carboxylic acids is 1. The van der Waals surface area contributed by atoms with E-state index in [0.717, 1.165) is 31.3 Å². The number of aromatic carboxylic acids is 1. The minimum absolute atomic E-state index is 0.198. The maximum atomic E-state index is 14.4. The molecule has 6 heteroatoms. The van der Waals surface area contributed by atoms with Gasteiger partial charge in [0.25, 0.3) is 0 Å². The molecule has 0 radical (unpaired) electrons. The normalized spacial score (nSPS) is 16.6. The van der Waals surface area contributed by atoms with E-state index in [2.05, 4.69) is 23.7 Å². The standard InChI is InChI=1S/C20H23FN2O3/c1-20(2)6-7-23(12-20)11-14-8-13(19(24)25)4-5-15(14)16-9-18(26-3)22-10-17(16)21/h4-5,8-10H,6-7,11-12H2,1-3H3,(H,24,25). The molecule has 0 unspecified atom stereocenters. The summed E-state index contributed by atoms with van der Waals surface area (Å²) in [4.78, 5) is 17.5. The summed E-state index contributed by atoms with van der Waals surface area (Å²) in [5, 5.41) is 9.33. The van der Waals surface area contributed by atoms with Crippen molar-refractivity contribution in [3.8, 4) is 17.0 Å². The Morgan fingerprint density at radius 2 is 2.12 bits per heavy atom. The maximum absolute atomic E-state index is 14.4. The van der Waals surface area contributed by atoms with Gasteiger partial charge in [0.1, 0.15) is 5.82 Å². The fourth-order valence-corrected chi connectivity index (χ4v) is 3.46. The van der Waals surface area contributed by atoms with Gasteiger partial charge in [-0.2, -0.15) is 0 Å². The first-order valence-corrected chi connectivity index (χ1v) is 8.57. The number of nitrogens with zero attached hydrogens (tertiary/aromatic N) is 2. The van der Waals surface area contributed by atoms with Gasteiger partial charge in [-0.25, -0.2) is 14.2 Å². The second kappa shape index (κ2) is 7.03. The molecule has 26 heavy (non-hydrogen) atoms. The summed E-state index contributed by atoms with van der Waals surface area (Å²) in [5.74, 6) is -1.14. The number of likely N-dealkylation sites (tertiary alicyclic amines) is 1. The van der Waals surface area contributed by atoms with Crippen LogP contribution in [0, 0.1) is 11.2 Å². The molecule has 1 aromatic heterocycles. The minimum Gasteiger partial charge on any atom is -0.481 e. The van der Waals surface area contributed by atoms with E-state index in [1.54, 1.807) is 18.2 Å². The summed E-state index contributed by atoms with van der Waals surface area (Å²) in [5.41, 5.74) is 2.24. The number of hydrogen-bond donors (Lipinski definition) is 1. The Bertz CT molecular complexity index is 836. The first-order valence-electron chi connectivity index (χ1n) is 8.57. The van der Waals surface area contributed by atoms with Crippen molar-refractivity contribution in [1.29, 1.82) is 0 Å². The largest absolute Gasteiger partial charge is 0.481 e. The molecule has 5 nitrogen and oxygen atoms in total. The molecule has 3 rings (SSSR count). The Labute approximate surface area is 152 Å². The fourth-order valence-electron chi connectivity index (χ4n) is 3.46. The number of halogens is 1. The Kier molecular flexibility index (Phi) is 4.96. The van der Waals surface area contributed by atoms with E-state index < -0.39 is 11.8 Å². The van der Waals surface area contributed by atoms with Crippen molar-refractivity contribution >= 4 is 5.97 Å². The molecule has 0 atom stereocenters. The van der Waals surface area contributed by atoms with Gasteiger partial charge in [0.2, 0.25) is 5.88 Å². The molecule has 0 amide bonds. The number of ether oxygens (including phenoxy) is 1. The summed E-state index contributed by atoms with van der Waals surface area (Å²) >= 11 is 0. The number of aromatic nitrogens is 1. The van der Waals surface area contributed by atoms with E-state index in [0.29, 0.717) is 23.6 Å². The summed E-state index contributed by atoms with van der Waals surface area (Å²) < 4.78 is 19.5. The lowest BCUT2D eigenvalue weighted by Crippen LogP contribution is -2.23. The van der Waals surface area contributed by atoms with Crippen molar-refractivity contribution in [1.82, 2.24) is 9.88 Å². The van der Waals surface area contributed by atoms with Gasteiger partial charge in [0.05, 0.1) is 18.9 Å². The smallest absolute Gasteiger partial charge is 0.335 e. The third kappa shape index (κ3) is 3.85. The van der Waals surface area contributed by atoms with Gasteiger partial charge in [-0.3, -0.25) is 4.90 Å². The molecule has 0 spiro atoms. The molecule has 0 saturated carbocycles. The van der Waals surface area contributed by atoms with Gasteiger partial charge in [0, 0.05) is 24.7 Å². The number of pyridine rings is 1. The highest BCUT2D eigenvalue weighted by atomic mass is 19.1. The van der Waals surface area contributed by atoms with Gasteiger partial charge in [0.15, 0.2) is 0 Å². The lowest BCUT2D eigenvalue weighted by atomic mass is 9.93. The average molecular weight is 358 g/mol. The van der Waals surface area contributed by atoms with Crippen LogP contribution >= 0.6 is 0 Å². The molecule has 2 aromatic rings. The molecule has 1 saturated heterocycles. The SMILES string of the molecule is COc1cc(-c2ccc(C(=O)O)cc2CN2CCC(C)(C)C2)c(F)cn1. The molecule has 1 aromatic carbocycles. The van der Waals surface area contributed by atoms with Crippen LogP contribution in [0.1, 0.15) is 36.2 Å². The van der Waals surface area contributed by atoms with Gasteiger partial charge in [-0.05, 0) is 41.6 Å². The fraction of sp³-hybridized carbons (Fsp3) is 0.400. The molecule has 0 aliphatic carbocycles. The Balaban J connectivity index is 2.03. The van der Waals surface area contributed by atoms with E-state index in [4.69, 9.17) is 4.74 Å². The Morgan fingerprint density at radius 3 is 2.73 bits per heavy atom. The van der Waals surface area contributed by atoms with Crippen LogP contribution in [0.4, 0.5) is 4.39 Å². The van der Waals surface area contributed by atoms with Crippen molar-refractivity contribution in [2.24, 2.45) is 5.41 Å². The molecule has 1 fully saturated rings. The summed E-state index contributed by atoms with van der Waals surface area (Å²) in [6.07, 6.45) is 2.21. The number of carboxylic acid groups (broad SMARTS) is 1. The second-order valence-electron chi connectivity index (χ2n) is 7.51. The molecule has 0 bridgehead atoms. The Morgan fingerprint density at radius 1 is 1.35 bits per heavy atom. The van der Waals surface area contributed by atoms with Crippen molar-refractivity contribution in [3.05, 3.63) is 47.4 Å². The topological polar surface area (TPSA) is 62.7 Å². The zero-order chi connectivity index (χ0) is 18.9. The maximum Gasteiger partial charge on any atom is 0.335 e. The highest BCUT2D eigenvalue weighted by Gasteiger charge is 2.29. The van der Waals surface area contributed by atoms with Gasteiger partial charge < -0.3 is 9.84 Å². The van der Waals surface area contributed by atoms with Gasteiger partial charge in [-0.15, -0.1) is 0 Å². The van der Waals surface area contributed by atoms with Crippen LogP contribution in [0.5, 0.6) is 5.88 Å². The molecule has 138 valence electrons. The highest BCUT2D eigenvalue weighted by molar-refractivity contribution is 5.89. The van der Waals surface area contributed by atoms with E-state index in [1.807, 2.05) is 0 Å². The zero-order valence-electron chi connectivity index (χ0n) is 15.3.